The molecule has 4 nitrogen and oxygen atoms in total. The molecule has 0 saturated carbocycles. The van der Waals surface area contributed by atoms with Crippen molar-refractivity contribution < 1.29 is 5.11 Å². The van der Waals surface area contributed by atoms with Crippen LogP contribution in [0, 0.1) is 6.92 Å². The van der Waals surface area contributed by atoms with Crippen molar-refractivity contribution in [2.24, 2.45) is 0 Å². The number of nitrogens with zero attached hydrogens (tertiary/aromatic N) is 2. The molecule has 0 saturated heterocycles. The number of aliphatic hydroxyl groups excluding tert-OH is 1. The van der Waals surface area contributed by atoms with Gasteiger partial charge in [-0.3, -0.25) is 0 Å². The second kappa shape index (κ2) is 6.67. The van der Waals surface area contributed by atoms with Gasteiger partial charge in [-0.15, -0.1) is 0 Å². The molecule has 0 aliphatic carbocycles. The van der Waals surface area contributed by atoms with Crippen molar-refractivity contribution in [1.29, 1.82) is 0 Å². The summed E-state index contributed by atoms with van der Waals surface area (Å²) in [5, 5.41) is 14.9. The maximum absolute atomic E-state index is 9.21. The van der Waals surface area contributed by atoms with E-state index in [1.807, 2.05) is 61.3 Å². The Morgan fingerprint density at radius 1 is 1.00 bits per heavy atom. The molecular weight excluding hydrogens is 286 g/mol. The Hall–Kier alpha value is -2.59. The Bertz CT molecular complexity index is 802. The molecule has 0 amide bonds. The van der Waals surface area contributed by atoms with Crippen LogP contribution in [0.15, 0.2) is 54.6 Å². The van der Waals surface area contributed by atoms with Crippen LogP contribution >= 0.6 is 0 Å². The molecule has 0 unspecified atom stereocenters. The number of hydrogen-bond donors (Lipinski definition) is 2. The summed E-state index contributed by atoms with van der Waals surface area (Å²) in [5.74, 6) is 0.894. The molecule has 0 bridgehead atoms. The van der Waals surface area contributed by atoms with E-state index in [0.717, 1.165) is 33.7 Å². The summed E-state index contributed by atoms with van der Waals surface area (Å²) in [5.41, 5.74) is 3.00. The van der Waals surface area contributed by atoms with Crippen LogP contribution in [0.3, 0.4) is 0 Å². The van der Waals surface area contributed by atoms with E-state index >= 15 is 0 Å². The number of aryl methyl sites for hydroxylation is 1. The highest BCUT2D eigenvalue weighted by molar-refractivity contribution is 6.02. The summed E-state index contributed by atoms with van der Waals surface area (Å²) in [6, 6.07) is 18.3. The third-order valence-corrected chi connectivity index (χ3v) is 3.91. The van der Waals surface area contributed by atoms with E-state index in [2.05, 4.69) is 17.4 Å². The molecule has 1 heterocycles. The Morgan fingerprint density at radius 3 is 2.35 bits per heavy atom. The van der Waals surface area contributed by atoms with Gasteiger partial charge in [0, 0.05) is 30.1 Å². The van der Waals surface area contributed by atoms with E-state index in [9.17, 15) is 5.11 Å². The summed E-state index contributed by atoms with van der Waals surface area (Å²) < 4.78 is 0. The summed E-state index contributed by atoms with van der Waals surface area (Å²) in [6.45, 7) is 2.67. The summed E-state index contributed by atoms with van der Waals surface area (Å²) in [4.78, 5) is 6.76. The van der Waals surface area contributed by atoms with Crippen LogP contribution in [0.25, 0.3) is 10.8 Å². The Labute approximate surface area is 136 Å². The molecule has 0 aliphatic heterocycles. The number of likely N-dealkylation sites (N-methyl/N-ethyl adjacent to an activating group) is 1. The van der Waals surface area contributed by atoms with Gasteiger partial charge in [-0.25, -0.2) is 4.98 Å². The number of rotatable bonds is 5. The molecule has 0 aliphatic rings. The lowest BCUT2D eigenvalue weighted by Gasteiger charge is -2.22. The molecule has 3 aromatic rings. The maximum Gasteiger partial charge on any atom is 0.136 e. The first kappa shape index (κ1) is 15.3. The van der Waals surface area contributed by atoms with Crippen molar-refractivity contribution in [3.63, 3.8) is 0 Å². The number of fused-ring (bicyclic) bond motifs is 1. The van der Waals surface area contributed by atoms with Gasteiger partial charge in [0.1, 0.15) is 5.82 Å². The molecular formula is C19H21N3O. The predicted molar refractivity (Wildman–Crippen MR) is 96.6 cm³/mol. The molecule has 3 rings (SSSR count). The monoisotopic (exact) mass is 307 g/mol. The Morgan fingerprint density at radius 2 is 1.65 bits per heavy atom. The van der Waals surface area contributed by atoms with Gasteiger partial charge in [-0.05, 0) is 19.1 Å². The number of nitrogens with one attached hydrogen (secondary N) is 1. The zero-order valence-corrected chi connectivity index (χ0v) is 13.5. The van der Waals surface area contributed by atoms with Crippen LogP contribution in [0.5, 0.6) is 0 Å². The molecule has 0 spiro atoms. The number of benzene rings is 2. The van der Waals surface area contributed by atoms with Crippen molar-refractivity contribution in [3.8, 4) is 0 Å². The summed E-state index contributed by atoms with van der Waals surface area (Å²) in [6.07, 6.45) is 0. The van der Waals surface area contributed by atoms with Gasteiger partial charge in [0.15, 0.2) is 0 Å². The van der Waals surface area contributed by atoms with Gasteiger partial charge < -0.3 is 15.3 Å². The number of hydrogen-bond acceptors (Lipinski definition) is 4. The normalized spacial score (nSPS) is 10.7. The molecule has 2 aromatic carbocycles. The summed E-state index contributed by atoms with van der Waals surface area (Å²) >= 11 is 0. The van der Waals surface area contributed by atoms with E-state index in [-0.39, 0.29) is 6.61 Å². The van der Waals surface area contributed by atoms with Gasteiger partial charge >= 0.3 is 0 Å². The zero-order valence-electron chi connectivity index (χ0n) is 13.5. The van der Waals surface area contributed by atoms with E-state index in [0.29, 0.717) is 6.54 Å². The van der Waals surface area contributed by atoms with Crippen LogP contribution < -0.4 is 10.2 Å². The number of anilines is 3. The number of para-hydroxylation sites is 1. The second-order valence-corrected chi connectivity index (χ2v) is 5.58. The van der Waals surface area contributed by atoms with Crippen molar-refractivity contribution in [2.45, 2.75) is 6.92 Å². The minimum absolute atomic E-state index is 0.107. The Balaban J connectivity index is 2.13. The van der Waals surface area contributed by atoms with Crippen molar-refractivity contribution >= 4 is 28.0 Å². The molecule has 0 radical (unpaired) electrons. The molecule has 1 aromatic heterocycles. The first-order chi connectivity index (χ1) is 11.2. The quantitative estimate of drug-likeness (QED) is 0.754. The molecule has 118 valence electrons. The topological polar surface area (TPSA) is 48.4 Å². The SMILES string of the molecule is Cc1nc(N(C)CCO)c2ccccc2c1Nc1ccccc1. The predicted octanol–water partition coefficient (Wildman–Crippen LogP) is 3.72. The lowest BCUT2D eigenvalue weighted by molar-refractivity contribution is 0.304. The van der Waals surface area contributed by atoms with E-state index in [1.54, 1.807) is 0 Å². The molecule has 0 atom stereocenters. The standard InChI is InChI=1S/C19H21N3O/c1-14-18(21-15-8-4-3-5-9-15)16-10-6-7-11-17(16)19(20-14)22(2)12-13-23/h3-11,21,23H,12-13H2,1-2H3. The van der Waals surface area contributed by atoms with Gasteiger partial charge in [0.25, 0.3) is 0 Å². The van der Waals surface area contributed by atoms with Crippen molar-refractivity contribution in [1.82, 2.24) is 4.98 Å². The minimum Gasteiger partial charge on any atom is -0.395 e. The smallest absolute Gasteiger partial charge is 0.136 e. The van der Waals surface area contributed by atoms with Crippen LogP contribution in [0.1, 0.15) is 5.69 Å². The third kappa shape index (κ3) is 3.12. The molecule has 0 fully saturated rings. The lowest BCUT2D eigenvalue weighted by Crippen LogP contribution is -2.23. The first-order valence-corrected chi connectivity index (χ1v) is 7.74. The third-order valence-electron chi connectivity index (χ3n) is 3.91. The molecule has 4 heteroatoms. The largest absolute Gasteiger partial charge is 0.395 e. The fourth-order valence-electron chi connectivity index (χ4n) is 2.74. The molecule has 23 heavy (non-hydrogen) atoms. The van der Waals surface area contributed by atoms with E-state index in [4.69, 9.17) is 4.98 Å². The fourth-order valence-corrected chi connectivity index (χ4v) is 2.74. The fraction of sp³-hybridized carbons (Fsp3) is 0.211. The zero-order chi connectivity index (χ0) is 16.2. The lowest BCUT2D eigenvalue weighted by atomic mass is 10.1. The highest BCUT2D eigenvalue weighted by atomic mass is 16.3. The van der Waals surface area contributed by atoms with E-state index in [1.165, 1.54) is 0 Å². The van der Waals surface area contributed by atoms with Gasteiger partial charge in [-0.1, -0.05) is 42.5 Å². The van der Waals surface area contributed by atoms with Crippen molar-refractivity contribution in [3.05, 3.63) is 60.3 Å². The van der Waals surface area contributed by atoms with Crippen LogP contribution in [-0.2, 0) is 0 Å². The minimum atomic E-state index is 0.107. The van der Waals surface area contributed by atoms with Crippen LogP contribution in [0.2, 0.25) is 0 Å². The van der Waals surface area contributed by atoms with Crippen molar-refractivity contribution in [2.75, 3.05) is 30.4 Å². The maximum atomic E-state index is 9.21. The van der Waals surface area contributed by atoms with Gasteiger partial charge in [-0.2, -0.15) is 0 Å². The number of aliphatic hydroxyl groups is 1. The highest BCUT2D eigenvalue weighted by Crippen LogP contribution is 2.34. The highest BCUT2D eigenvalue weighted by Gasteiger charge is 2.14. The second-order valence-electron chi connectivity index (χ2n) is 5.58. The first-order valence-electron chi connectivity index (χ1n) is 7.74. The average molecular weight is 307 g/mol. The molecule has 2 N–H and O–H groups in total. The summed E-state index contributed by atoms with van der Waals surface area (Å²) in [7, 11) is 1.95. The Kier molecular flexibility index (Phi) is 4.44. The van der Waals surface area contributed by atoms with Crippen LogP contribution in [-0.4, -0.2) is 30.3 Å². The van der Waals surface area contributed by atoms with Gasteiger partial charge in [0.2, 0.25) is 0 Å². The number of aromatic nitrogens is 1. The number of pyridine rings is 1. The van der Waals surface area contributed by atoms with Crippen LogP contribution in [0.4, 0.5) is 17.2 Å². The average Bonchev–Trinajstić information content (AvgIpc) is 2.58. The van der Waals surface area contributed by atoms with E-state index < -0.39 is 0 Å². The van der Waals surface area contributed by atoms with Gasteiger partial charge in [0.05, 0.1) is 18.0 Å².